The van der Waals surface area contributed by atoms with Gasteiger partial charge in [-0.3, -0.25) is 14.4 Å². The van der Waals surface area contributed by atoms with Gasteiger partial charge >= 0.3 is 5.97 Å². The lowest BCUT2D eigenvalue weighted by molar-refractivity contribution is -0.154. The predicted molar refractivity (Wildman–Crippen MR) is 134 cm³/mol. The van der Waals surface area contributed by atoms with Gasteiger partial charge in [0.25, 0.3) is 0 Å². The van der Waals surface area contributed by atoms with Crippen LogP contribution >= 0.6 is 0 Å². The Bertz CT molecular complexity index is 1130. The first-order valence-electron chi connectivity index (χ1n) is 12.2. The quantitative estimate of drug-likeness (QED) is 0.351. The van der Waals surface area contributed by atoms with Crippen molar-refractivity contribution in [2.45, 2.75) is 45.3 Å². The fourth-order valence-electron chi connectivity index (χ4n) is 4.61. The normalized spacial score (nSPS) is 14.5. The summed E-state index contributed by atoms with van der Waals surface area (Å²) < 4.78 is 5.52. The predicted octanol–water partition coefficient (Wildman–Crippen LogP) is 4.47. The summed E-state index contributed by atoms with van der Waals surface area (Å²) in [6.45, 7) is 1.76. The Morgan fingerprint density at radius 1 is 0.829 bits per heavy atom. The van der Waals surface area contributed by atoms with Crippen LogP contribution in [0.3, 0.4) is 0 Å². The third-order valence-corrected chi connectivity index (χ3v) is 6.62. The number of rotatable bonds is 10. The van der Waals surface area contributed by atoms with Crippen LogP contribution in [0.2, 0.25) is 0 Å². The maximum Gasteiger partial charge on any atom is 0.316 e. The number of ketones is 1. The zero-order valence-electron chi connectivity index (χ0n) is 20.0. The highest BCUT2D eigenvalue weighted by Gasteiger charge is 2.34. The van der Waals surface area contributed by atoms with Gasteiger partial charge in [0.15, 0.2) is 5.78 Å². The van der Waals surface area contributed by atoms with Gasteiger partial charge in [-0.05, 0) is 54.9 Å². The highest BCUT2D eigenvalue weighted by atomic mass is 16.5. The van der Waals surface area contributed by atoms with E-state index in [0.717, 1.165) is 11.1 Å². The molecule has 0 aromatic heterocycles. The van der Waals surface area contributed by atoms with Gasteiger partial charge in [-0.15, -0.1) is 0 Å². The Labute approximate surface area is 206 Å². The summed E-state index contributed by atoms with van der Waals surface area (Å²) in [7, 11) is 0. The van der Waals surface area contributed by atoms with Crippen LogP contribution < -0.4 is 5.32 Å². The molecule has 4 rings (SSSR count). The molecule has 1 unspecified atom stereocenters. The second-order valence-corrected chi connectivity index (χ2v) is 9.18. The summed E-state index contributed by atoms with van der Waals surface area (Å²) in [6, 6.07) is 26.4. The molecule has 1 aliphatic carbocycles. The molecule has 0 fully saturated rings. The first-order chi connectivity index (χ1) is 17.0. The number of fused-ring (bicyclic) bond motifs is 1. The SMILES string of the molecule is C[C@H](NC(=O)C1Cc2ccccc2C1)C(=O)C(CCc1ccccc1)C(=O)OCc1ccccc1. The highest BCUT2D eigenvalue weighted by molar-refractivity contribution is 6.03. The summed E-state index contributed by atoms with van der Waals surface area (Å²) in [4.78, 5) is 39.3. The number of carbonyl (C=O) groups excluding carboxylic acids is 3. The number of carbonyl (C=O) groups is 3. The smallest absolute Gasteiger partial charge is 0.316 e. The number of amides is 1. The van der Waals surface area contributed by atoms with Crippen LogP contribution in [0.15, 0.2) is 84.9 Å². The van der Waals surface area contributed by atoms with Crippen molar-refractivity contribution in [3.8, 4) is 0 Å². The van der Waals surface area contributed by atoms with Gasteiger partial charge in [-0.1, -0.05) is 84.9 Å². The minimum absolute atomic E-state index is 0.107. The molecule has 3 aromatic carbocycles. The molecule has 0 aliphatic heterocycles. The largest absolute Gasteiger partial charge is 0.460 e. The summed E-state index contributed by atoms with van der Waals surface area (Å²) in [6.07, 6.45) is 2.22. The summed E-state index contributed by atoms with van der Waals surface area (Å²) in [5.41, 5.74) is 4.26. The van der Waals surface area contributed by atoms with Crippen molar-refractivity contribution in [1.29, 1.82) is 0 Å². The molecule has 0 bridgehead atoms. The van der Waals surface area contributed by atoms with Crippen LogP contribution in [-0.2, 0) is 45.0 Å². The van der Waals surface area contributed by atoms with E-state index in [1.807, 2.05) is 84.9 Å². The van der Waals surface area contributed by atoms with E-state index in [0.29, 0.717) is 25.7 Å². The van der Waals surface area contributed by atoms with Crippen LogP contribution in [0.4, 0.5) is 0 Å². The Balaban J connectivity index is 1.40. The first kappa shape index (κ1) is 24.4. The molecule has 0 spiro atoms. The minimum atomic E-state index is -0.949. The third-order valence-electron chi connectivity index (χ3n) is 6.62. The number of nitrogens with one attached hydrogen (secondary N) is 1. The van der Waals surface area contributed by atoms with E-state index < -0.39 is 17.9 Å². The fraction of sp³-hybridized carbons (Fsp3) is 0.300. The molecule has 0 saturated heterocycles. The Kier molecular flexibility index (Phi) is 8.09. The van der Waals surface area contributed by atoms with Crippen molar-refractivity contribution in [3.05, 3.63) is 107 Å². The van der Waals surface area contributed by atoms with Crippen LogP contribution in [0.5, 0.6) is 0 Å². The molecular weight excluding hydrogens is 438 g/mol. The Morgan fingerprint density at radius 2 is 1.37 bits per heavy atom. The lowest BCUT2D eigenvalue weighted by Gasteiger charge is -2.21. The molecule has 5 nitrogen and oxygen atoms in total. The van der Waals surface area contributed by atoms with Gasteiger partial charge in [0, 0.05) is 5.92 Å². The number of hydrogen-bond donors (Lipinski definition) is 1. The molecule has 180 valence electrons. The molecule has 0 heterocycles. The lowest BCUT2D eigenvalue weighted by atomic mass is 9.91. The molecular formula is C30H31NO4. The van der Waals surface area contributed by atoms with Gasteiger partial charge in [0.1, 0.15) is 12.5 Å². The topological polar surface area (TPSA) is 72.5 Å². The highest BCUT2D eigenvalue weighted by Crippen LogP contribution is 2.26. The zero-order valence-corrected chi connectivity index (χ0v) is 20.0. The second kappa shape index (κ2) is 11.6. The number of hydrogen-bond acceptors (Lipinski definition) is 4. The average Bonchev–Trinajstić information content (AvgIpc) is 3.33. The second-order valence-electron chi connectivity index (χ2n) is 9.18. The first-order valence-corrected chi connectivity index (χ1v) is 12.2. The molecule has 35 heavy (non-hydrogen) atoms. The van der Waals surface area contributed by atoms with Gasteiger partial charge in [0.05, 0.1) is 6.04 Å². The van der Waals surface area contributed by atoms with Crippen molar-refractivity contribution in [1.82, 2.24) is 5.32 Å². The standard InChI is InChI=1S/C30H31NO4/c1-21(31-29(33)26-18-24-14-8-9-15-25(24)19-26)28(32)27(17-16-22-10-4-2-5-11-22)30(34)35-20-23-12-6-3-7-13-23/h2-15,21,26-27H,16-20H2,1H3,(H,31,33)/t21-,27?/m0/s1. The van der Waals surface area contributed by atoms with Crippen molar-refractivity contribution in [2.24, 2.45) is 11.8 Å². The number of Topliss-reactive ketones (excluding diaryl/α,β-unsaturated/α-hetero) is 1. The van der Waals surface area contributed by atoms with Crippen molar-refractivity contribution >= 4 is 17.7 Å². The number of ether oxygens (including phenoxy) is 1. The van der Waals surface area contributed by atoms with E-state index in [-0.39, 0.29) is 24.2 Å². The summed E-state index contributed by atoms with van der Waals surface area (Å²) >= 11 is 0. The van der Waals surface area contributed by atoms with Crippen molar-refractivity contribution in [2.75, 3.05) is 0 Å². The van der Waals surface area contributed by atoms with E-state index in [1.165, 1.54) is 11.1 Å². The maximum atomic E-state index is 13.4. The van der Waals surface area contributed by atoms with E-state index in [2.05, 4.69) is 5.32 Å². The van der Waals surface area contributed by atoms with E-state index >= 15 is 0 Å². The third kappa shape index (κ3) is 6.44. The monoisotopic (exact) mass is 469 g/mol. The van der Waals surface area contributed by atoms with Crippen LogP contribution in [0, 0.1) is 11.8 Å². The Hall–Kier alpha value is -3.73. The van der Waals surface area contributed by atoms with E-state index in [1.54, 1.807) is 6.92 Å². The van der Waals surface area contributed by atoms with Gasteiger partial charge < -0.3 is 10.1 Å². The van der Waals surface area contributed by atoms with Gasteiger partial charge in [-0.2, -0.15) is 0 Å². The fourth-order valence-corrected chi connectivity index (χ4v) is 4.61. The van der Waals surface area contributed by atoms with Crippen LogP contribution in [-0.4, -0.2) is 23.7 Å². The van der Waals surface area contributed by atoms with Crippen molar-refractivity contribution in [3.63, 3.8) is 0 Å². The molecule has 2 atom stereocenters. The van der Waals surface area contributed by atoms with Gasteiger partial charge in [0.2, 0.25) is 5.91 Å². The van der Waals surface area contributed by atoms with Gasteiger partial charge in [-0.25, -0.2) is 0 Å². The molecule has 5 heteroatoms. The van der Waals surface area contributed by atoms with Crippen LogP contribution in [0.1, 0.15) is 35.6 Å². The zero-order chi connectivity index (χ0) is 24.6. The molecule has 3 aromatic rings. The molecule has 1 N–H and O–H groups in total. The molecule has 1 amide bonds. The number of esters is 1. The number of aryl methyl sites for hydroxylation is 1. The van der Waals surface area contributed by atoms with Crippen LogP contribution in [0.25, 0.3) is 0 Å². The average molecular weight is 470 g/mol. The van der Waals surface area contributed by atoms with E-state index in [4.69, 9.17) is 4.74 Å². The lowest BCUT2D eigenvalue weighted by Crippen LogP contribution is -2.46. The Morgan fingerprint density at radius 3 is 1.97 bits per heavy atom. The number of benzene rings is 3. The summed E-state index contributed by atoms with van der Waals surface area (Å²) in [5, 5.41) is 2.87. The van der Waals surface area contributed by atoms with Crippen molar-refractivity contribution < 1.29 is 19.1 Å². The molecule has 1 aliphatic rings. The van der Waals surface area contributed by atoms with E-state index in [9.17, 15) is 14.4 Å². The summed E-state index contributed by atoms with van der Waals surface area (Å²) in [5.74, 6) is -2.17. The maximum absolute atomic E-state index is 13.4. The molecule has 0 radical (unpaired) electrons. The molecule has 0 saturated carbocycles. The minimum Gasteiger partial charge on any atom is -0.460 e.